The second-order valence-corrected chi connectivity index (χ2v) is 4.71. The first-order chi connectivity index (χ1) is 5.39. The van der Waals surface area contributed by atoms with Crippen molar-refractivity contribution in [3.8, 4) is 0 Å². The van der Waals surface area contributed by atoms with Crippen LogP contribution in [0, 0.1) is 10.8 Å². The number of aliphatic hydroxyl groups excluding tert-OH is 3. The molecule has 0 radical (unpaired) electrons. The van der Waals surface area contributed by atoms with Gasteiger partial charge in [0.25, 0.3) is 0 Å². The first-order valence-corrected chi connectivity index (χ1v) is 4.22. The molecule has 0 amide bonds. The molecule has 3 N–H and O–H groups in total. The molecule has 3 heteroatoms. The minimum absolute atomic E-state index is 0.00813. The van der Waals surface area contributed by atoms with E-state index in [1.54, 1.807) is 0 Å². The molecule has 0 saturated carbocycles. The zero-order chi connectivity index (χ0) is 9.83. The summed E-state index contributed by atoms with van der Waals surface area (Å²) >= 11 is 0. The highest BCUT2D eigenvalue weighted by Crippen LogP contribution is 2.32. The number of hydrogen-bond donors (Lipinski definition) is 3. The Hall–Kier alpha value is -0.120. The maximum absolute atomic E-state index is 9.02. The zero-order valence-corrected chi connectivity index (χ0v) is 8.17. The summed E-state index contributed by atoms with van der Waals surface area (Å²) in [5.74, 6) is 0. The normalized spacial score (nSPS) is 13.5. The molecule has 0 aromatic heterocycles. The van der Waals surface area contributed by atoms with Gasteiger partial charge in [0.1, 0.15) is 0 Å². The second kappa shape index (κ2) is 4.21. The summed E-state index contributed by atoms with van der Waals surface area (Å²) in [6.07, 6.45) is 0.615. The van der Waals surface area contributed by atoms with E-state index < -0.39 is 5.41 Å². The van der Waals surface area contributed by atoms with E-state index >= 15 is 0 Å². The SMILES string of the molecule is CC(C)(C)CC(CO)(CO)CO. The molecule has 0 heterocycles. The largest absolute Gasteiger partial charge is 0.396 e. The fraction of sp³-hybridized carbons (Fsp3) is 1.00. The summed E-state index contributed by atoms with van der Waals surface area (Å²) in [6.45, 7) is 5.54. The van der Waals surface area contributed by atoms with Gasteiger partial charge in [0, 0.05) is 5.41 Å². The van der Waals surface area contributed by atoms with Crippen LogP contribution in [0.2, 0.25) is 0 Å². The van der Waals surface area contributed by atoms with Crippen LogP contribution in [0.5, 0.6) is 0 Å². The van der Waals surface area contributed by atoms with Crippen molar-refractivity contribution in [1.82, 2.24) is 0 Å². The number of aliphatic hydroxyl groups is 3. The van der Waals surface area contributed by atoms with Gasteiger partial charge in [0.15, 0.2) is 0 Å². The molecule has 0 rings (SSSR count). The highest BCUT2D eigenvalue weighted by Gasteiger charge is 2.32. The standard InChI is InChI=1S/C9H20O3/c1-8(2,3)4-9(5-10,6-11)7-12/h10-12H,4-7H2,1-3H3. The predicted molar refractivity (Wildman–Crippen MR) is 47.8 cm³/mol. The second-order valence-electron chi connectivity index (χ2n) is 4.71. The Morgan fingerprint density at radius 3 is 1.25 bits per heavy atom. The topological polar surface area (TPSA) is 60.7 Å². The summed E-state index contributed by atoms with van der Waals surface area (Å²) < 4.78 is 0. The van der Waals surface area contributed by atoms with Crippen molar-refractivity contribution in [2.45, 2.75) is 27.2 Å². The van der Waals surface area contributed by atoms with Gasteiger partial charge in [-0.1, -0.05) is 20.8 Å². The Balaban J connectivity index is 4.30. The number of rotatable bonds is 4. The third-order valence-corrected chi connectivity index (χ3v) is 1.91. The Morgan fingerprint density at radius 1 is 0.833 bits per heavy atom. The van der Waals surface area contributed by atoms with Crippen molar-refractivity contribution < 1.29 is 15.3 Å². The van der Waals surface area contributed by atoms with Crippen molar-refractivity contribution in [1.29, 1.82) is 0 Å². The lowest BCUT2D eigenvalue weighted by Gasteiger charge is -2.34. The molecule has 12 heavy (non-hydrogen) atoms. The highest BCUT2D eigenvalue weighted by atomic mass is 16.3. The van der Waals surface area contributed by atoms with Crippen LogP contribution in [0.3, 0.4) is 0 Å². The maximum atomic E-state index is 9.02. The molecule has 0 unspecified atom stereocenters. The summed E-state index contributed by atoms with van der Waals surface area (Å²) in [4.78, 5) is 0. The Kier molecular flexibility index (Phi) is 4.17. The first kappa shape index (κ1) is 11.9. The third kappa shape index (κ3) is 3.52. The van der Waals surface area contributed by atoms with E-state index in [1.807, 2.05) is 20.8 Å². The molecule has 0 aromatic rings. The minimum Gasteiger partial charge on any atom is -0.396 e. The van der Waals surface area contributed by atoms with Crippen molar-refractivity contribution in [2.24, 2.45) is 10.8 Å². The van der Waals surface area contributed by atoms with Crippen LogP contribution >= 0.6 is 0 Å². The van der Waals surface area contributed by atoms with Gasteiger partial charge in [-0.05, 0) is 11.8 Å². The molecule has 0 fully saturated rings. The molecule has 0 aliphatic carbocycles. The number of hydrogen-bond acceptors (Lipinski definition) is 3. The molecular weight excluding hydrogens is 156 g/mol. The van der Waals surface area contributed by atoms with E-state index in [-0.39, 0.29) is 25.2 Å². The van der Waals surface area contributed by atoms with Crippen molar-refractivity contribution in [3.63, 3.8) is 0 Å². The molecule has 0 aromatic carbocycles. The third-order valence-electron chi connectivity index (χ3n) is 1.91. The molecule has 74 valence electrons. The van der Waals surface area contributed by atoms with Gasteiger partial charge in [0.2, 0.25) is 0 Å². The van der Waals surface area contributed by atoms with E-state index in [1.165, 1.54) is 0 Å². The van der Waals surface area contributed by atoms with Crippen LogP contribution < -0.4 is 0 Å². The van der Waals surface area contributed by atoms with Crippen LogP contribution in [-0.2, 0) is 0 Å². The van der Waals surface area contributed by atoms with E-state index in [4.69, 9.17) is 15.3 Å². The molecule has 0 spiro atoms. The molecule has 0 atom stereocenters. The van der Waals surface area contributed by atoms with Crippen LogP contribution in [0.4, 0.5) is 0 Å². The molecule has 0 saturated heterocycles. The molecule has 0 aliphatic rings. The predicted octanol–water partition coefficient (Wildman–Crippen LogP) is 0.386. The van der Waals surface area contributed by atoms with Crippen molar-refractivity contribution in [3.05, 3.63) is 0 Å². The molecule has 0 bridgehead atoms. The van der Waals surface area contributed by atoms with E-state index in [9.17, 15) is 0 Å². The van der Waals surface area contributed by atoms with Gasteiger partial charge in [-0.2, -0.15) is 0 Å². The lowest BCUT2D eigenvalue weighted by atomic mass is 9.75. The van der Waals surface area contributed by atoms with Gasteiger partial charge < -0.3 is 15.3 Å². The zero-order valence-electron chi connectivity index (χ0n) is 8.17. The molecule has 3 nitrogen and oxygen atoms in total. The van der Waals surface area contributed by atoms with Gasteiger partial charge in [-0.25, -0.2) is 0 Å². The summed E-state index contributed by atoms with van der Waals surface area (Å²) in [7, 11) is 0. The molecular formula is C9H20O3. The fourth-order valence-corrected chi connectivity index (χ4v) is 1.44. The Morgan fingerprint density at radius 2 is 1.17 bits per heavy atom. The van der Waals surface area contributed by atoms with E-state index in [0.29, 0.717) is 6.42 Å². The Bertz CT molecular complexity index is 114. The highest BCUT2D eigenvalue weighted by molar-refractivity contribution is 4.82. The quantitative estimate of drug-likeness (QED) is 0.580. The average molecular weight is 176 g/mol. The van der Waals surface area contributed by atoms with Crippen LogP contribution in [-0.4, -0.2) is 35.1 Å². The average Bonchev–Trinajstić information content (AvgIpc) is 1.99. The van der Waals surface area contributed by atoms with Crippen molar-refractivity contribution in [2.75, 3.05) is 19.8 Å². The first-order valence-electron chi connectivity index (χ1n) is 4.22. The van der Waals surface area contributed by atoms with Crippen LogP contribution in [0.15, 0.2) is 0 Å². The van der Waals surface area contributed by atoms with Gasteiger partial charge >= 0.3 is 0 Å². The van der Waals surface area contributed by atoms with E-state index in [2.05, 4.69) is 0 Å². The van der Waals surface area contributed by atoms with Crippen LogP contribution in [0.25, 0.3) is 0 Å². The lowest BCUT2D eigenvalue weighted by molar-refractivity contribution is -0.0220. The van der Waals surface area contributed by atoms with Gasteiger partial charge in [0.05, 0.1) is 19.8 Å². The Labute approximate surface area is 74.0 Å². The lowest BCUT2D eigenvalue weighted by Crippen LogP contribution is -2.37. The fourth-order valence-electron chi connectivity index (χ4n) is 1.44. The van der Waals surface area contributed by atoms with Gasteiger partial charge in [-0.15, -0.1) is 0 Å². The minimum atomic E-state index is -0.724. The monoisotopic (exact) mass is 176 g/mol. The van der Waals surface area contributed by atoms with Gasteiger partial charge in [-0.3, -0.25) is 0 Å². The smallest absolute Gasteiger partial charge is 0.0531 e. The summed E-state index contributed by atoms with van der Waals surface area (Å²) in [5.41, 5.74) is -0.716. The summed E-state index contributed by atoms with van der Waals surface area (Å²) in [5, 5.41) is 27.1. The van der Waals surface area contributed by atoms with Crippen LogP contribution in [0.1, 0.15) is 27.2 Å². The van der Waals surface area contributed by atoms with E-state index in [0.717, 1.165) is 0 Å². The maximum Gasteiger partial charge on any atom is 0.0531 e. The molecule has 0 aliphatic heterocycles. The van der Waals surface area contributed by atoms with Crippen molar-refractivity contribution >= 4 is 0 Å². The summed E-state index contributed by atoms with van der Waals surface area (Å²) in [6, 6.07) is 0.